The average molecular weight is 473 g/mol. The van der Waals surface area contributed by atoms with Gasteiger partial charge in [-0.2, -0.15) is 0 Å². The number of benzene rings is 2. The van der Waals surface area contributed by atoms with Crippen LogP contribution in [0.1, 0.15) is 35.0 Å². The zero-order valence-electron chi connectivity index (χ0n) is 18.9. The molecule has 2 atom stereocenters. The van der Waals surface area contributed by atoms with Crippen molar-refractivity contribution >= 4 is 11.5 Å². The highest BCUT2D eigenvalue weighted by molar-refractivity contribution is 5.95. The van der Waals surface area contributed by atoms with Gasteiger partial charge in [0.1, 0.15) is 17.6 Å². The molecular formula is C24H24N8O3. The van der Waals surface area contributed by atoms with E-state index in [-0.39, 0.29) is 18.1 Å². The first kappa shape index (κ1) is 22.3. The Hall–Kier alpha value is -4.51. The number of nitrogens with zero attached hydrogens (tertiary/aromatic N) is 4. The van der Waals surface area contributed by atoms with Crippen LogP contribution in [0.25, 0.3) is 5.95 Å². The lowest BCUT2D eigenvalue weighted by molar-refractivity contribution is -0.0654. The highest BCUT2D eigenvalue weighted by atomic mass is 16.7. The second kappa shape index (κ2) is 9.39. The van der Waals surface area contributed by atoms with Gasteiger partial charge in [0.15, 0.2) is 12.1 Å². The topological polar surface area (TPSA) is 157 Å². The van der Waals surface area contributed by atoms with Crippen molar-refractivity contribution in [3.63, 3.8) is 0 Å². The summed E-state index contributed by atoms with van der Waals surface area (Å²) in [5, 5.41) is 15.5. The lowest BCUT2D eigenvalue weighted by Crippen LogP contribution is -2.24. The van der Waals surface area contributed by atoms with E-state index in [2.05, 4.69) is 25.4 Å². The van der Waals surface area contributed by atoms with Crippen molar-refractivity contribution in [1.82, 2.24) is 24.7 Å². The first-order chi connectivity index (χ1) is 17.0. The van der Waals surface area contributed by atoms with E-state index in [9.17, 15) is 4.79 Å². The maximum Gasteiger partial charge on any atom is 0.350 e. The number of aromatic amines is 1. The SMILES string of the molecule is CO[C@@H]1CCc2ccc(C(Nc3ccc(C(=N)N)cc3)c3nn(-c4ncccn4)c(=O)[nH]3)cc2O1. The second-order valence-electron chi connectivity index (χ2n) is 8.03. The fourth-order valence-corrected chi connectivity index (χ4v) is 3.94. The molecule has 1 unspecified atom stereocenters. The van der Waals surface area contributed by atoms with Crippen LogP contribution in [-0.4, -0.2) is 44.0 Å². The van der Waals surface area contributed by atoms with Gasteiger partial charge in [0.25, 0.3) is 5.95 Å². The van der Waals surface area contributed by atoms with Crippen LogP contribution in [0.2, 0.25) is 0 Å². The third kappa shape index (κ3) is 4.62. The van der Waals surface area contributed by atoms with Crippen LogP contribution in [0.3, 0.4) is 0 Å². The molecule has 4 aromatic rings. The molecule has 35 heavy (non-hydrogen) atoms. The summed E-state index contributed by atoms with van der Waals surface area (Å²) in [5.74, 6) is 1.25. The van der Waals surface area contributed by atoms with Gasteiger partial charge in [0.2, 0.25) is 0 Å². The smallest absolute Gasteiger partial charge is 0.350 e. The third-order valence-corrected chi connectivity index (χ3v) is 5.75. The molecule has 5 N–H and O–H groups in total. The summed E-state index contributed by atoms with van der Waals surface area (Å²) in [4.78, 5) is 23.8. The monoisotopic (exact) mass is 472 g/mol. The van der Waals surface area contributed by atoms with Gasteiger partial charge in [-0.25, -0.2) is 14.8 Å². The van der Waals surface area contributed by atoms with Crippen molar-refractivity contribution in [2.45, 2.75) is 25.2 Å². The van der Waals surface area contributed by atoms with Gasteiger partial charge in [0.05, 0.1) is 0 Å². The molecule has 0 saturated heterocycles. The lowest BCUT2D eigenvalue weighted by Gasteiger charge is -2.26. The minimum atomic E-state index is -0.535. The molecule has 2 aromatic carbocycles. The van der Waals surface area contributed by atoms with E-state index in [1.165, 1.54) is 0 Å². The van der Waals surface area contributed by atoms with Crippen LogP contribution in [0.15, 0.2) is 65.7 Å². The van der Waals surface area contributed by atoms with Crippen LogP contribution in [0, 0.1) is 5.41 Å². The van der Waals surface area contributed by atoms with E-state index in [0.29, 0.717) is 11.4 Å². The van der Waals surface area contributed by atoms with Gasteiger partial charge < -0.3 is 20.5 Å². The van der Waals surface area contributed by atoms with Gasteiger partial charge in [-0.05, 0) is 53.9 Å². The Morgan fingerprint density at radius 3 is 2.74 bits per heavy atom. The first-order valence-electron chi connectivity index (χ1n) is 11.0. The van der Waals surface area contributed by atoms with E-state index in [1.54, 1.807) is 37.7 Å². The summed E-state index contributed by atoms with van der Waals surface area (Å²) in [6.45, 7) is 0. The summed E-state index contributed by atoms with van der Waals surface area (Å²) in [5.41, 5.74) is 8.40. The quantitative estimate of drug-likeness (QED) is 0.235. The number of fused-ring (bicyclic) bond motifs is 1. The van der Waals surface area contributed by atoms with Crippen molar-refractivity contribution in [2.75, 3.05) is 12.4 Å². The largest absolute Gasteiger partial charge is 0.465 e. The predicted octanol–water partition coefficient (Wildman–Crippen LogP) is 2.13. The van der Waals surface area contributed by atoms with Crippen LogP contribution in [-0.2, 0) is 11.2 Å². The molecule has 11 nitrogen and oxygen atoms in total. The second-order valence-corrected chi connectivity index (χ2v) is 8.03. The number of H-pyrrole nitrogens is 1. The summed E-state index contributed by atoms with van der Waals surface area (Å²) in [6.07, 6.45) is 4.40. The minimum Gasteiger partial charge on any atom is -0.465 e. The number of hydrogen-bond donors (Lipinski definition) is 4. The van der Waals surface area contributed by atoms with Crippen molar-refractivity contribution < 1.29 is 9.47 Å². The highest BCUT2D eigenvalue weighted by Gasteiger charge is 2.25. The van der Waals surface area contributed by atoms with Crippen LogP contribution >= 0.6 is 0 Å². The van der Waals surface area contributed by atoms with E-state index in [1.807, 2.05) is 30.3 Å². The Kier molecular flexibility index (Phi) is 5.98. The number of aryl methyl sites for hydroxylation is 1. The number of nitrogen functional groups attached to an aromatic ring is 1. The molecule has 0 spiro atoms. The Labute approximate surface area is 200 Å². The van der Waals surface area contributed by atoms with E-state index in [4.69, 9.17) is 20.6 Å². The molecule has 0 radical (unpaired) electrons. The normalized spacial score (nSPS) is 15.6. The van der Waals surface area contributed by atoms with Gasteiger partial charge in [-0.15, -0.1) is 9.78 Å². The minimum absolute atomic E-state index is 0.0152. The Morgan fingerprint density at radius 2 is 2.03 bits per heavy atom. The Balaban J connectivity index is 1.55. The number of aromatic nitrogens is 5. The van der Waals surface area contributed by atoms with E-state index in [0.717, 1.165) is 40.1 Å². The summed E-state index contributed by atoms with van der Waals surface area (Å²) in [6, 6.07) is 14.2. The number of rotatable bonds is 7. The molecule has 2 aromatic heterocycles. The number of nitrogens with one attached hydrogen (secondary N) is 3. The zero-order chi connectivity index (χ0) is 24.4. The van der Waals surface area contributed by atoms with Crippen LogP contribution in [0.5, 0.6) is 5.75 Å². The fourth-order valence-electron chi connectivity index (χ4n) is 3.94. The Morgan fingerprint density at radius 1 is 1.26 bits per heavy atom. The molecule has 178 valence electrons. The maximum atomic E-state index is 12.7. The highest BCUT2D eigenvalue weighted by Crippen LogP contribution is 2.33. The number of methoxy groups -OCH3 is 1. The van der Waals surface area contributed by atoms with Gasteiger partial charge >= 0.3 is 5.69 Å². The average Bonchev–Trinajstić information content (AvgIpc) is 3.28. The molecule has 1 aliphatic heterocycles. The van der Waals surface area contributed by atoms with Gasteiger partial charge in [0, 0.05) is 37.2 Å². The standard InChI is InChI=1S/C24H24N8O3/c1-34-19-10-7-14-3-4-16(13-18(14)35-19)20(29-17-8-5-15(6-9-17)21(25)26)22-30-24(33)32(31-22)23-27-11-2-12-28-23/h2-6,8-9,11-13,19-20,29H,7,10H2,1H3,(H3,25,26)(H,30,31,33)/t19-,20?/m0/s1. The molecule has 0 fully saturated rings. The van der Waals surface area contributed by atoms with Crippen LogP contribution < -0.4 is 21.5 Å². The van der Waals surface area contributed by atoms with Crippen molar-refractivity contribution in [3.8, 4) is 11.7 Å². The number of anilines is 1. The summed E-state index contributed by atoms with van der Waals surface area (Å²) in [7, 11) is 1.62. The third-order valence-electron chi connectivity index (χ3n) is 5.75. The molecule has 1 aliphatic rings. The number of ether oxygens (including phenoxy) is 2. The summed E-state index contributed by atoms with van der Waals surface area (Å²) < 4.78 is 12.5. The number of amidine groups is 1. The molecule has 3 heterocycles. The fraction of sp³-hybridized carbons (Fsp3) is 0.208. The van der Waals surface area contributed by atoms with Crippen molar-refractivity contribution in [2.24, 2.45) is 5.73 Å². The Bertz CT molecular complexity index is 1400. The lowest BCUT2D eigenvalue weighted by atomic mass is 9.99. The van der Waals surface area contributed by atoms with Crippen LogP contribution in [0.4, 0.5) is 5.69 Å². The number of hydrogen-bond acceptors (Lipinski definition) is 8. The molecule has 5 rings (SSSR count). The first-order valence-corrected chi connectivity index (χ1v) is 11.0. The predicted molar refractivity (Wildman–Crippen MR) is 129 cm³/mol. The molecule has 0 saturated carbocycles. The van der Waals surface area contributed by atoms with E-state index >= 15 is 0 Å². The van der Waals surface area contributed by atoms with Gasteiger partial charge in [-0.1, -0.05) is 12.1 Å². The summed E-state index contributed by atoms with van der Waals surface area (Å²) >= 11 is 0. The number of nitrogens with two attached hydrogens (primary N) is 1. The molecule has 0 aliphatic carbocycles. The molecule has 0 bridgehead atoms. The maximum absolute atomic E-state index is 12.7. The van der Waals surface area contributed by atoms with E-state index < -0.39 is 11.7 Å². The molecular weight excluding hydrogens is 448 g/mol. The van der Waals surface area contributed by atoms with Gasteiger partial charge in [-0.3, -0.25) is 10.4 Å². The zero-order valence-corrected chi connectivity index (χ0v) is 18.9. The van der Waals surface area contributed by atoms with Crippen molar-refractivity contribution in [3.05, 3.63) is 93.9 Å². The molecule has 0 amide bonds. The van der Waals surface area contributed by atoms with Crippen molar-refractivity contribution in [1.29, 1.82) is 5.41 Å². The molecule has 11 heteroatoms.